The molecule has 5 heteroatoms. The number of aliphatic hydroxyl groups is 1. The molecule has 0 bridgehead atoms. The van der Waals surface area contributed by atoms with Crippen molar-refractivity contribution in [3.63, 3.8) is 0 Å². The molecule has 0 saturated heterocycles. The third-order valence-corrected chi connectivity index (χ3v) is 1.60. The zero-order valence-corrected chi connectivity index (χ0v) is 6.89. The molecule has 0 spiro atoms. The average molecular weight is 176 g/mol. The van der Waals surface area contributed by atoms with Crippen LogP contribution >= 0.6 is 0 Å². The predicted molar refractivity (Wildman–Crippen MR) is 39.6 cm³/mol. The lowest BCUT2D eigenvalue weighted by Gasteiger charge is -2.18. The molecule has 0 aromatic heterocycles. The molecule has 0 fully saturated rings. The van der Waals surface area contributed by atoms with E-state index in [9.17, 15) is 9.59 Å². The van der Waals surface area contributed by atoms with E-state index in [0.29, 0.717) is 0 Å². The zero-order chi connectivity index (χ0) is 9.89. The van der Waals surface area contributed by atoms with E-state index in [0.717, 1.165) is 0 Å². The van der Waals surface area contributed by atoms with Gasteiger partial charge in [-0.05, 0) is 5.92 Å². The van der Waals surface area contributed by atoms with E-state index in [1.165, 1.54) is 0 Å². The van der Waals surface area contributed by atoms with Crippen LogP contribution in [0.25, 0.3) is 0 Å². The molecular weight excluding hydrogens is 164 g/mol. The van der Waals surface area contributed by atoms with Gasteiger partial charge in [0.2, 0.25) is 0 Å². The van der Waals surface area contributed by atoms with Gasteiger partial charge in [-0.15, -0.1) is 0 Å². The monoisotopic (exact) mass is 176 g/mol. The van der Waals surface area contributed by atoms with Gasteiger partial charge >= 0.3 is 11.9 Å². The first-order valence-corrected chi connectivity index (χ1v) is 3.51. The summed E-state index contributed by atoms with van der Waals surface area (Å²) in [7, 11) is 0. The molecular formula is C7H12O5. The van der Waals surface area contributed by atoms with Crippen molar-refractivity contribution in [1.29, 1.82) is 0 Å². The van der Waals surface area contributed by atoms with Gasteiger partial charge < -0.3 is 15.3 Å². The number of aliphatic hydroxyl groups excluding tert-OH is 1. The minimum Gasteiger partial charge on any atom is -0.481 e. The molecule has 12 heavy (non-hydrogen) atoms. The second kappa shape index (κ2) is 4.06. The Morgan fingerprint density at radius 1 is 1.08 bits per heavy atom. The summed E-state index contributed by atoms with van der Waals surface area (Å²) in [5, 5.41) is 25.8. The first-order valence-electron chi connectivity index (χ1n) is 3.51. The minimum absolute atomic E-state index is 0.409. The molecule has 0 rings (SSSR count). The van der Waals surface area contributed by atoms with Gasteiger partial charge in [0.1, 0.15) is 0 Å². The number of rotatable bonds is 4. The fourth-order valence-electron chi connectivity index (χ4n) is 0.938. The Balaban J connectivity index is 4.51. The van der Waals surface area contributed by atoms with Crippen LogP contribution in [0.3, 0.4) is 0 Å². The van der Waals surface area contributed by atoms with E-state index in [-0.39, 0.29) is 0 Å². The van der Waals surface area contributed by atoms with E-state index < -0.39 is 29.9 Å². The molecule has 70 valence electrons. The van der Waals surface area contributed by atoms with Crippen LogP contribution in [-0.2, 0) is 9.59 Å². The summed E-state index contributed by atoms with van der Waals surface area (Å²) in [5.41, 5.74) is 0. The summed E-state index contributed by atoms with van der Waals surface area (Å²) in [4.78, 5) is 20.7. The third kappa shape index (κ3) is 2.50. The van der Waals surface area contributed by atoms with Crippen LogP contribution in [0.1, 0.15) is 13.8 Å². The summed E-state index contributed by atoms with van der Waals surface area (Å²) >= 11 is 0. The molecule has 0 aliphatic rings. The van der Waals surface area contributed by atoms with Crippen molar-refractivity contribution in [3.05, 3.63) is 0 Å². The van der Waals surface area contributed by atoms with Gasteiger partial charge in [0.25, 0.3) is 0 Å². The van der Waals surface area contributed by atoms with Crippen molar-refractivity contribution in [1.82, 2.24) is 0 Å². The van der Waals surface area contributed by atoms with E-state index in [1.807, 2.05) is 0 Å². The lowest BCUT2D eigenvalue weighted by atomic mass is 9.90. The Kier molecular flexibility index (Phi) is 3.69. The molecule has 0 aliphatic heterocycles. The number of carboxylic acid groups (broad SMARTS) is 2. The second-order valence-electron chi connectivity index (χ2n) is 2.89. The van der Waals surface area contributed by atoms with Crippen LogP contribution in [-0.4, -0.2) is 33.4 Å². The SMILES string of the molecule is CC(C)[C@@H](C(=O)O)C(O)C(=O)O. The molecule has 0 saturated carbocycles. The van der Waals surface area contributed by atoms with Crippen molar-refractivity contribution >= 4 is 11.9 Å². The Hall–Kier alpha value is -1.10. The molecule has 3 N–H and O–H groups in total. The highest BCUT2D eigenvalue weighted by Gasteiger charge is 2.34. The Morgan fingerprint density at radius 3 is 1.58 bits per heavy atom. The van der Waals surface area contributed by atoms with Crippen LogP contribution in [0.5, 0.6) is 0 Å². The molecule has 0 aromatic rings. The Morgan fingerprint density at radius 2 is 1.50 bits per heavy atom. The van der Waals surface area contributed by atoms with Gasteiger partial charge in [-0.2, -0.15) is 0 Å². The van der Waals surface area contributed by atoms with Gasteiger partial charge in [-0.3, -0.25) is 4.79 Å². The highest BCUT2D eigenvalue weighted by Crippen LogP contribution is 2.15. The van der Waals surface area contributed by atoms with E-state index in [4.69, 9.17) is 15.3 Å². The van der Waals surface area contributed by atoms with Crippen LogP contribution in [0.4, 0.5) is 0 Å². The lowest BCUT2D eigenvalue weighted by Crippen LogP contribution is -2.37. The summed E-state index contributed by atoms with van der Waals surface area (Å²) in [6, 6.07) is 0. The fraction of sp³-hybridized carbons (Fsp3) is 0.714. The minimum atomic E-state index is -1.83. The van der Waals surface area contributed by atoms with Gasteiger partial charge in [-0.25, -0.2) is 4.79 Å². The largest absolute Gasteiger partial charge is 0.481 e. The van der Waals surface area contributed by atoms with E-state index in [2.05, 4.69) is 0 Å². The first kappa shape index (κ1) is 10.9. The molecule has 0 radical (unpaired) electrons. The Bertz CT molecular complexity index is 186. The van der Waals surface area contributed by atoms with Crippen molar-refractivity contribution < 1.29 is 24.9 Å². The smallest absolute Gasteiger partial charge is 0.333 e. The van der Waals surface area contributed by atoms with Crippen molar-refractivity contribution in [2.75, 3.05) is 0 Å². The van der Waals surface area contributed by atoms with Crippen molar-refractivity contribution in [2.24, 2.45) is 11.8 Å². The van der Waals surface area contributed by atoms with Crippen LogP contribution in [0.2, 0.25) is 0 Å². The maximum absolute atomic E-state index is 10.5. The van der Waals surface area contributed by atoms with E-state index in [1.54, 1.807) is 13.8 Å². The summed E-state index contributed by atoms with van der Waals surface area (Å²) in [6.07, 6.45) is -1.83. The topological polar surface area (TPSA) is 94.8 Å². The number of hydrogen-bond acceptors (Lipinski definition) is 3. The summed E-state index contributed by atoms with van der Waals surface area (Å²) in [6.45, 7) is 3.09. The fourth-order valence-corrected chi connectivity index (χ4v) is 0.938. The molecule has 0 aliphatic carbocycles. The van der Waals surface area contributed by atoms with Gasteiger partial charge in [-0.1, -0.05) is 13.8 Å². The number of carboxylic acids is 2. The van der Waals surface area contributed by atoms with Gasteiger partial charge in [0, 0.05) is 0 Å². The molecule has 5 nitrogen and oxygen atoms in total. The third-order valence-electron chi connectivity index (χ3n) is 1.60. The Labute approximate surface area is 69.6 Å². The van der Waals surface area contributed by atoms with Crippen molar-refractivity contribution in [2.45, 2.75) is 20.0 Å². The van der Waals surface area contributed by atoms with Crippen LogP contribution in [0.15, 0.2) is 0 Å². The number of carbonyl (C=O) groups is 2. The average Bonchev–Trinajstić information content (AvgIpc) is 1.85. The van der Waals surface area contributed by atoms with Crippen LogP contribution in [0, 0.1) is 11.8 Å². The quantitative estimate of drug-likeness (QED) is 0.550. The number of hydrogen-bond donors (Lipinski definition) is 3. The molecule has 1 unspecified atom stereocenters. The highest BCUT2D eigenvalue weighted by molar-refractivity contribution is 5.81. The summed E-state index contributed by atoms with van der Waals surface area (Å²) in [5.74, 6) is -4.45. The van der Waals surface area contributed by atoms with Crippen molar-refractivity contribution in [3.8, 4) is 0 Å². The van der Waals surface area contributed by atoms with Gasteiger partial charge in [0.15, 0.2) is 6.10 Å². The highest BCUT2D eigenvalue weighted by atomic mass is 16.4. The first-order chi connectivity index (χ1) is 5.37. The maximum atomic E-state index is 10.5. The predicted octanol–water partition coefficient (Wildman–Crippen LogP) is -0.211. The van der Waals surface area contributed by atoms with Crippen LogP contribution < -0.4 is 0 Å². The zero-order valence-electron chi connectivity index (χ0n) is 6.89. The second-order valence-corrected chi connectivity index (χ2v) is 2.89. The molecule has 0 aromatic carbocycles. The normalized spacial score (nSPS) is 15.7. The lowest BCUT2D eigenvalue weighted by molar-refractivity contribution is -0.161. The summed E-state index contributed by atoms with van der Waals surface area (Å²) < 4.78 is 0. The van der Waals surface area contributed by atoms with Gasteiger partial charge in [0.05, 0.1) is 5.92 Å². The maximum Gasteiger partial charge on any atom is 0.333 e. The molecule has 2 atom stereocenters. The van der Waals surface area contributed by atoms with E-state index >= 15 is 0 Å². The molecule has 0 heterocycles. The standard InChI is InChI=1S/C7H12O5/c1-3(2)4(6(9)10)5(8)7(11)12/h3-5,8H,1-2H3,(H,9,10)(H,11,12)/t4-,5?/m1/s1. The number of aliphatic carboxylic acids is 2. The molecule has 0 amide bonds.